The summed E-state index contributed by atoms with van der Waals surface area (Å²) in [5.74, 6) is 7.07. The number of aliphatic hydroxyl groups excluding tert-OH is 1. The number of hydrogen-bond donors (Lipinski definition) is 1. The number of ether oxygens (including phenoxy) is 1. The lowest BCUT2D eigenvalue weighted by Gasteiger charge is -2.05. The fourth-order valence-corrected chi connectivity index (χ4v) is 2.10. The first kappa shape index (κ1) is 14.4. The summed E-state index contributed by atoms with van der Waals surface area (Å²) >= 11 is 1.63. The third-order valence-corrected chi connectivity index (χ3v) is 3.23. The molecule has 0 aliphatic rings. The third kappa shape index (κ3) is 4.92. The van der Waals surface area contributed by atoms with Crippen molar-refractivity contribution < 1.29 is 9.84 Å². The fraction of sp³-hybridized carbons (Fsp3) is 0.200. The minimum Gasteiger partial charge on any atom is -0.493 e. The molecule has 1 aromatic carbocycles. The molecule has 0 fully saturated rings. The molecule has 4 nitrogen and oxygen atoms in total. The van der Waals surface area contributed by atoms with Gasteiger partial charge in [-0.2, -0.15) is 0 Å². The van der Waals surface area contributed by atoms with Crippen LogP contribution in [0, 0.1) is 11.8 Å². The van der Waals surface area contributed by atoms with Gasteiger partial charge in [0.05, 0.1) is 11.6 Å². The van der Waals surface area contributed by atoms with Gasteiger partial charge in [-0.25, -0.2) is 9.97 Å². The minimum atomic E-state index is -0.126. The number of aliphatic hydroxyl groups is 1. The second kappa shape index (κ2) is 8.20. The molecule has 0 saturated carbocycles. The monoisotopic (exact) mass is 286 g/mol. The van der Waals surface area contributed by atoms with E-state index in [0.29, 0.717) is 6.61 Å². The second-order valence-electron chi connectivity index (χ2n) is 3.73. The van der Waals surface area contributed by atoms with Gasteiger partial charge < -0.3 is 9.84 Å². The molecule has 0 atom stereocenters. The van der Waals surface area contributed by atoms with Crippen LogP contribution in [0.25, 0.3) is 0 Å². The van der Waals surface area contributed by atoms with Crippen molar-refractivity contribution in [2.75, 3.05) is 19.0 Å². The number of aromatic nitrogens is 2. The highest BCUT2D eigenvalue weighted by Crippen LogP contribution is 2.15. The van der Waals surface area contributed by atoms with E-state index in [9.17, 15) is 0 Å². The molecule has 0 unspecified atom stereocenters. The van der Waals surface area contributed by atoms with Crippen molar-refractivity contribution in [3.8, 4) is 17.6 Å². The summed E-state index contributed by atoms with van der Waals surface area (Å²) < 4.78 is 5.63. The first-order valence-corrected chi connectivity index (χ1v) is 7.08. The standard InChI is InChI=1S/C15H14N2O2S/c18-9-1-2-13-3-5-14(6-4-13)19-10-11-20-15-7-8-16-12-17-15/h3-8,12,18H,9-11H2. The highest BCUT2D eigenvalue weighted by atomic mass is 32.2. The third-order valence-electron chi connectivity index (χ3n) is 2.32. The van der Waals surface area contributed by atoms with Gasteiger partial charge in [0.2, 0.25) is 0 Å². The predicted molar refractivity (Wildman–Crippen MR) is 78.7 cm³/mol. The van der Waals surface area contributed by atoms with Gasteiger partial charge in [-0.3, -0.25) is 0 Å². The van der Waals surface area contributed by atoms with Crippen LogP contribution < -0.4 is 4.74 Å². The van der Waals surface area contributed by atoms with E-state index in [1.807, 2.05) is 30.3 Å². The lowest BCUT2D eigenvalue weighted by molar-refractivity contribution is 0.344. The Hall–Kier alpha value is -2.03. The lowest BCUT2D eigenvalue weighted by Crippen LogP contribution is -2.00. The molecule has 1 N–H and O–H groups in total. The van der Waals surface area contributed by atoms with E-state index in [0.717, 1.165) is 22.1 Å². The molecule has 102 valence electrons. The topological polar surface area (TPSA) is 55.2 Å². The molecule has 0 amide bonds. The average Bonchev–Trinajstić information content (AvgIpc) is 2.52. The zero-order chi connectivity index (χ0) is 14.0. The summed E-state index contributed by atoms with van der Waals surface area (Å²) in [5, 5.41) is 9.55. The number of benzene rings is 1. The van der Waals surface area contributed by atoms with Crippen LogP contribution in [-0.2, 0) is 0 Å². The molecule has 1 heterocycles. The van der Waals surface area contributed by atoms with E-state index in [1.54, 1.807) is 18.0 Å². The van der Waals surface area contributed by atoms with E-state index < -0.39 is 0 Å². The van der Waals surface area contributed by atoms with Crippen molar-refractivity contribution in [1.29, 1.82) is 0 Å². The van der Waals surface area contributed by atoms with Crippen LogP contribution >= 0.6 is 11.8 Å². The summed E-state index contributed by atoms with van der Waals surface area (Å²) in [7, 11) is 0. The van der Waals surface area contributed by atoms with Gasteiger partial charge >= 0.3 is 0 Å². The Labute approximate surface area is 122 Å². The molecule has 0 spiro atoms. The van der Waals surface area contributed by atoms with Crippen molar-refractivity contribution >= 4 is 11.8 Å². The van der Waals surface area contributed by atoms with E-state index >= 15 is 0 Å². The first-order chi connectivity index (χ1) is 9.88. The van der Waals surface area contributed by atoms with Gasteiger partial charge in [0.25, 0.3) is 0 Å². The molecule has 2 aromatic rings. The Kier molecular flexibility index (Phi) is 5.90. The highest BCUT2D eigenvalue weighted by molar-refractivity contribution is 7.99. The Morgan fingerprint density at radius 3 is 2.75 bits per heavy atom. The molecule has 0 aliphatic heterocycles. The molecule has 1 aromatic heterocycles. The number of nitrogens with zero attached hydrogens (tertiary/aromatic N) is 2. The molecular weight excluding hydrogens is 272 g/mol. The van der Waals surface area contributed by atoms with Gasteiger partial charge in [0, 0.05) is 17.5 Å². The van der Waals surface area contributed by atoms with Crippen LogP contribution in [0.2, 0.25) is 0 Å². The summed E-state index contributed by atoms with van der Waals surface area (Å²) in [5.41, 5.74) is 0.863. The maximum atomic E-state index is 8.61. The normalized spacial score (nSPS) is 9.65. The maximum Gasteiger partial charge on any atom is 0.119 e. The molecule has 0 radical (unpaired) electrons. The summed E-state index contributed by atoms with van der Waals surface area (Å²) in [6.07, 6.45) is 3.26. The zero-order valence-corrected chi connectivity index (χ0v) is 11.6. The molecule has 0 aliphatic carbocycles. The van der Waals surface area contributed by atoms with E-state index in [-0.39, 0.29) is 6.61 Å². The van der Waals surface area contributed by atoms with Gasteiger partial charge in [0.15, 0.2) is 0 Å². The van der Waals surface area contributed by atoms with Crippen molar-refractivity contribution in [2.24, 2.45) is 0 Å². The number of hydrogen-bond acceptors (Lipinski definition) is 5. The minimum absolute atomic E-state index is 0.126. The highest BCUT2D eigenvalue weighted by Gasteiger charge is 1.97. The van der Waals surface area contributed by atoms with Crippen molar-refractivity contribution in [1.82, 2.24) is 9.97 Å². The Balaban J connectivity index is 1.74. The average molecular weight is 286 g/mol. The SMILES string of the molecule is OCC#Cc1ccc(OCCSc2ccncn2)cc1. The molecule has 5 heteroatoms. The molecule has 0 bridgehead atoms. The summed E-state index contributed by atoms with van der Waals surface area (Å²) in [6.45, 7) is 0.481. The zero-order valence-electron chi connectivity index (χ0n) is 10.8. The Bertz CT molecular complexity index is 576. The van der Waals surface area contributed by atoms with Gasteiger partial charge in [-0.05, 0) is 30.3 Å². The van der Waals surface area contributed by atoms with Crippen LogP contribution in [0.3, 0.4) is 0 Å². The largest absolute Gasteiger partial charge is 0.493 e. The summed E-state index contributed by atoms with van der Waals surface area (Å²) in [4.78, 5) is 7.99. The number of thioether (sulfide) groups is 1. The molecular formula is C15H14N2O2S. The second-order valence-corrected chi connectivity index (χ2v) is 4.84. The number of rotatable bonds is 5. The lowest BCUT2D eigenvalue weighted by atomic mass is 10.2. The molecule has 20 heavy (non-hydrogen) atoms. The first-order valence-electron chi connectivity index (χ1n) is 6.10. The van der Waals surface area contributed by atoms with Crippen LogP contribution in [0.4, 0.5) is 0 Å². The van der Waals surface area contributed by atoms with Crippen LogP contribution in [0.1, 0.15) is 5.56 Å². The Morgan fingerprint density at radius 1 is 1.20 bits per heavy atom. The van der Waals surface area contributed by atoms with Crippen molar-refractivity contribution in [2.45, 2.75) is 5.03 Å². The predicted octanol–water partition coefficient (Wildman–Crippen LogP) is 1.99. The van der Waals surface area contributed by atoms with Crippen molar-refractivity contribution in [3.05, 3.63) is 48.4 Å². The maximum absolute atomic E-state index is 8.61. The smallest absolute Gasteiger partial charge is 0.119 e. The fourth-order valence-electron chi connectivity index (χ4n) is 1.45. The van der Waals surface area contributed by atoms with E-state index in [2.05, 4.69) is 21.8 Å². The summed E-state index contributed by atoms with van der Waals surface area (Å²) in [6, 6.07) is 9.36. The molecule has 2 rings (SSSR count). The van der Waals surface area contributed by atoms with Crippen molar-refractivity contribution in [3.63, 3.8) is 0 Å². The quantitative estimate of drug-likeness (QED) is 0.394. The van der Waals surface area contributed by atoms with Crippen LogP contribution in [0.5, 0.6) is 5.75 Å². The van der Waals surface area contributed by atoms with Gasteiger partial charge in [-0.1, -0.05) is 11.8 Å². The van der Waals surface area contributed by atoms with Crippen LogP contribution in [-0.4, -0.2) is 34.0 Å². The van der Waals surface area contributed by atoms with Crippen LogP contribution in [0.15, 0.2) is 47.9 Å². The van der Waals surface area contributed by atoms with E-state index in [4.69, 9.17) is 9.84 Å². The molecule has 0 saturated heterocycles. The Morgan fingerprint density at radius 2 is 2.05 bits per heavy atom. The van der Waals surface area contributed by atoms with Gasteiger partial charge in [-0.15, -0.1) is 11.8 Å². The van der Waals surface area contributed by atoms with Gasteiger partial charge in [0.1, 0.15) is 18.7 Å². The van der Waals surface area contributed by atoms with E-state index in [1.165, 1.54) is 6.33 Å².